The molecule has 1 aliphatic carbocycles. The lowest BCUT2D eigenvalue weighted by atomic mass is 9.89. The first-order valence-electron chi connectivity index (χ1n) is 10.1. The average Bonchev–Trinajstić information content (AvgIpc) is 3.02. The van der Waals surface area contributed by atoms with Crippen LogP contribution in [-0.2, 0) is 17.6 Å². The molecule has 0 saturated carbocycles. The van der Waals surface area contributed by atoms with Crippen molar-refractivity contribution in [3.8, 4) is 11.4 Å². The molecule has 0 radical (unpaired) electrons. The molecule has 3 aromatic heterocycles. The summed E-state index contributed by atoms with van der Waals surface area (Å²) in [6.45, 7) is 8.41. The number of hydrogen-bond donors (Lipinski definition) is 2. The van der Waals surface area contributed by atoms with Gasteiger partial charge in [-0.1, -0.05) is 6.92 Å². The predicted molar refractivity (Wildman–Crippen MR) is 118 cm³/mol. The molecule has 6 nitrogen and oxygen atoms in total. The number of carbonyl (C=O) groups is 1. The Labute approximate surface area is 175 Å². The second-order valence-corrected chi connectivity index (χ2v) is 9.90. The topological polar surface area (TPSA) is 79.8 Å². The number of thiophene rings is 1. The highest BCUT2D eigenvalue weighted by Gasteiger charge is 2.24. The van der Waals surface area contributed by atoms with Crippen molar-refractivity contribution >= 4 is 33.3 Å². The molecular formula is C22H27N5OS. The Balaban J connectivity index is 1.74. The number of fused-ring (bicyclic) bond motifs is 3. The molecule has 152 valence electrons. The van der Waals surface area contributed by atoms with Crippen LogP contribution in [-0.4, -0.2) is 32.9 Å². The summed E-state index contributed by atoms with van der Waals surface area (Å²) in [5.41, 5.74) is 1.95. The summed E-state index contributed by atoms with van der Waals surface area (Å²) in [5.74, 6) is 2.01. The first-order chi connectivity index (χ1) is 13.8. The van der Waals surface area contributed by atoms with Crippen LogP contribution in [0, 0.1) is 5.92 Å². The van der Waals surface area contributed by atoms with Crippen LogP contribution in [0.25, 0.3) is 21.6 Å². The highest BCUT2D eigenvalue weighted by atomic mass is 32.1. The van der Waals surface area contributed by atoms with Gasteiger partial charge in [0, 0.05) is 28.4 Å². The van der Waals surface area contributed by atoms with E-state index in [1.807, 2.05) is 32.9 Å². The Morgan fingerprint density at radius 3 is 2.86 bits per heavy atom. The fourth-order valence-electron chi connectivity index (χ4n) is 3.72. The molecule has 0 fully saturated rings. The molecule has 7 heteroatoms. The first kappa shape index (κ1) is 19.8. The molecule has 3 heterocycles. The van der Waals surface area contributed by atoms with Gasteiger partial charge in [-0.25, -0.2) is 9.97 Å². The Bertz CT molecular complexity index is 1040. The van der Waals surface area contributed by atoms with Crippen molar-refractivity contribution in [2.24, 2.45) is 5.92 Å². The van der Waals surface area contributed by atoms with Crippen molar-refractivity contribution < 1.29 is 4.79 Å². The normalized spacial score (nSPS) is 16.5. The van der Waals surface area contributed by atoms with E-state index in [-0.39, 0.29) is 18.0 Å². The van der Waals surface area contributed by atoms with E-state index >= 15 is 0 Å². The monoisotopic (exact) mass is 409 g/mol. The van der Waals surface area contributed by atoms with Gasteiger partial charge in [0.15, 0.2) is 5.82 Å². The Kier molecular flexibility index (Phi) is 5.25. The standard InChI is InChI=1S/C22H27N5OS/c1-13-7-8-15-16(10-13)29-21-18(15)20(24-12-17(28)27-22(2,3)4)25-19(26-21)14-6-5-9-23-11-14/h5-6,9,11,13H,7-8,10,12H2,1-4H3,(H,27,28)(H,24,25,26)/t13-/m1/s1. The predicted octanol–water partition coefficient (Wildman–Crippen LogP) is 4.20. The first-order valence-corrected chi connectivity index (χ1v) is 10.9. The SMILES string of the molecule is C[C@@H]1CCc2c(sc3nc(-c4cccnc4)nc(NCC(=O)NC(C)(C)C)c23)C1. The Morgan fingerprint density at radius 1 is 1.31 bits per heavy atom. The maximum absolute atomic E-state index is 12.4. The zero-order valence-corrected chi connectivity index (χ0v) is 18.2. The van der Waals surface area contributed by atoms with Gasteiger partial charge in [-0.15, -0.1) is 11.3 Å². The van der Waals surface area contributed by atoms with Crippen LogP contribution in [0.4, 0.5) is 5.82 Å². The molecule has 29 heavy (non-hydrogen) atoms. The van der Waals surface area contributed by atoms with Gasteiger partial charge in [0.1, 0.15) is 10.6 Å². The van der Waals surface area contributed by atoms with Gasteiger partial charge in [-0.05, 0) is 63.6 Å². The summed E-state index contributed by atoms with van der Waals surface area (Å²) >= 11 is 1.76. The summed E-state index contributed by atoms with van der Waals surface area (Å²) in [6.07, 6.45) is 6.81. The number of rotatable bonds is 4. The van der Waals surface area contributed by atoms with Gasteiger partial charge >= 0.3 is 0 Å². The number of nitrogens with zero attached hydrogens (tertiary/aromatic N) is 3. The quantitative estimate of drug-likeness (QED) is 0.675. The van der Waals surface area contributed by atoms with Crippen LogP contribution in [0.3, 0.4) is 0 Å². The zero-order chi connectivity index (χ0) is 20.6. The fourth-order valence-corrected chi connectivity index (χ4v) is 5.10. The van der Waals surface area contributed by atoms with E-state index in [0.717, 1.165) is 34.4 Å². The Hall–Kier alpha value is -2.54. The number of aromatic nitrogens is 3. The smallest absolute Gasteiger partial charge is 0.239 e. The number of hydrogen-bond acceptors (Lipinski definition) is 6. The van der Waals surface area contributed by atoms with Gasteiger partial charge in [0.05, 0.1) is 11.9 Å². The molecule has 3 aromatic rings. The number of pyridine rings is 1. The third-order valence-corrected chi connectivity index (χ3v) is 6.15. The molecule has 1 amide bonds. The summed E-state index contributed by atoms with van der Waals surface area (Å²) < 4.78 is 0. The van der Waals surface area contributed by atoms with Gasteiger partial charge in [0.2, 0.25) is 5.91 Å². The molecule has 2 N–H and O–H groups in total. The molecule has 0 spiro atoms. The minimum Gasteiger partial charge on any atom is -0.360 e. The summed E-state index contributed by atoms with van der Waals surface area (Å²) in [6, 6.07) is 3.84. The molecule has 1 aliphatic rings. The highest BCUT2D eigenvalue weighted by Crippen LogP contribution is 2.40. The van der Waals surface area contributed by atoms with Crippen LogP contribution < -0.4 is 10.6 Å². The third-order valence-electron chi connectivity index (χ3n) is 5.01. The molecule has 0 unspecified atom stereocenters. The average molecular weight is 410 g/mol. The van der Waals surface area contributed by atoms with Gasteiger partial charge in [0.25, 0.3) is 0 Å². The molecule has 1 atom stereocenters. The lowest BCUT2D eigenvalue weighted by molar-refractivity contribution is -0.120. The van der Waals surface area contributed by atoms with Gasteiger partial charge < -0.3 is 10.6 Å². The van der Waals surface area contributed by atoms with Crippen molar-refractivity contribution in [2.45, 2.75) is 52.5 Å². The largest absolute Gasteiger partial charge is 0.360 e. The van der Waals surface area contributed by atoms with E-state index in [1.165, 1.54) is 16.9 Å². The number of carbonyl (C=O) groups excluding carboxylic acids is 1. The van der Waals surface area contributed by atoms with Gasteiger partial charge in [-0.3, -0.25) is 9.78 Å². The van der Waals surface area contributed by atoms with Crippen molar-refractivity contribution in [3.63, 3.8) is 0 Å². The van der Waals surface area contributed by atoms with Crippen LogP contribution in [0.5, 0.6) is 0 Å². The van der Waals surface area contributed by atoms with E-state index in [2.05, 4.69) is 22.5 Å². The number of amides is 1. The number of aryl methyl sites for hydroxylation is 1. The number of nitrogens with one attached hydrogen (secondary N) is 2. The molecule has 0 bridgehead atoms. The second-order valence-electron chi connectivity index (χ2n) is 8.82. The van der Waals surface area contributed by atoms with Gasteiger partial charge in [-0.2, -0.15) is 0 Å². The molecule has 4 rings (SSSR count). The minimum atomic E-state index is -0.266. The lowest BCUT2D eigenvalue weighted by Crippen LogP contribution is -2.43. The lowest BCUT2D eigenvalue weighted by Gasteiger charge is -2.21. The Morgan fingerprint density at radius 2 is 2.14 bits per heavy atom. The van der Waals surface area contributed by atoms with Crippen molar-refractivity contribution in [1.82, 2.24) is 20.3 Å². The maximum Gasteiger partial charge on any atom is 0.239 e. The van der Waals surface area contributed by atoms with Crippen LogP contribution in [0.1, 0.15) is 44.6 Å². The molecule has 0 saturated heterocycles. The maximum atomic E-state index is 12.4. The third kappa shape index (κ3) is 4.40. The van der Waals surface area contributed by atoms with Crippen molar-refractivity contribution in [1.29, 1.82) is 0 Å². The summed E-state index contributed by atoms with van der Waals surface area (Å²) in [7, 11) is 0. The summed E-state index contributed by atoms with van der Waals surface area (Å²) in [5, 5.41) is 7.36. The van der Waals surface area contributed by atoms with Crippen LogP contribution in [0.2, 0.25) is 0 Å². The zero-order valence-electron chi connectivity index (χ0n) is 17.4. The minimum absolute atomic E-state index is 0.0510. The second kappa shape index (κ2) is 7.71. The molecular weight excluding hydrogens is 382 g/mol. The van der Waals surface area contributed by atoms with Crippen LogP contribution in [0.15, 0.2) is 24.5 Å². The fraction of sp³-hybridized carbons (Fsp3) is 0.455. The molecule has 0 aromatic carbocycles. The summed E-state index contributed by atoms with van der Waals surface area (Å²) in [4.78, 5) is 28.6. The van der Waals surface area contributed by atoms with E-state index in [4.69, 9.17) is 9.97 Å². The van der Waals surface area contributed by atoms with E-state index in [0.29, 0.717) is 11.7 Å². The highest BCUT2D eigenvalue weighted by molar-refractivity contribution is 7.19. The van der Waals surface area contributed by atoms with E-state index in [9.17, 15) is 4.79 Å². The van der Waals surface area contributed by atoms with Crippen LogP contribution >= 0.6 is 11.3 Å². The molecule has 0 aliphatic heterocycles. The van der Waals surface area contributed by atoms with Crippen molar-refractivity contribution in [3.05, 3.63) is 35.0 Å². The van der Waals surface area contributed by atoms with Crippen molar-refractivity contribution in [2.75, 3.05) is 11.9 Å². The van der Waals surface area contributed by atoms with E-state index < -0.39 is 0 Å². The number of anilines is 1. The van der Waals surface area contributed by atoms with E-state index in [1.54, 1.807) is 23.7 Å².